The van der Waals surface area contributed by atoms with Crippen molar-refractivity contribution in [3.8, 4) is 0 Å². The quantitative estimate of drug-likeness (QED) is 0.797. The van der Waals surface area contributed by atoms with Gasteiger partial charge >= 0.3 is 0 Å². The molecule has 4 nitrogen and oxygen atoms in total. The maximum absolute atomic E-state index is 12.4. The van der Waals surface area contributed by atoms with Crippen molar-refractivity contribution in [2.45, 2.75) is 19.9 Å². The number of fused-ring (bicyclic) bond motifs is 1. The summed E-state index contributed by atoms with van der Waals surface area (Å²) in [5, 5.41) is 3.88. The van der Waals surface area contributed by atoms with E-state index in [1.807, 2.05) is 56.3 Å². The third kappa shape index (κ3) is 2.52. The van der Waals surface area contributed by atoms with E-state index in [2.05, 4.69) is 10.3 Å². The molecule has 1 atom stereocenters. The van der Waals surface area contributed by atoms with E-state index in [4.69, 9.17) is 4.42 Å². The molecule has 0 spiro atoms. The van der Waals surface area contributed by atoms with Crippen molar-refractivity contribution in [1.29, 1.82) is 0 Å². The van der Waals surface area contributed by atoms with Gasteiger partial charge in [-0.2, -0.15) is 0 Å². The maximum Gasteiger partial charge on any atom is 0.287 e. The summed E-state index contributed by atoms with van der Waals surface area (Å²) in [5.41, 5.74) is 2.40. The number of hydrogen-bond acceptors (Lipinski definition) is 3. The summed E-state index contributed by atoms with van der Waals surface area (Å²) in [6.07, 6.45) is 1.71. The second kappa shape index (κ2) is 5.40. The molecule has 0 aliphatic rings. The fraction of sp³-hybridized carbons (Fsp3) is 0.176. The van der Waals surface area contributed by atoms with E-state index in [0.29, 0.717) is 5.76 Å². The van der Waals surface area contributed by atoms with Crippen molar-refractivity contribution in [3.05, 3.63) is 65.7 Å². The molecule has 0 fully saturated rings. The molecule has 2 aromatic heterocycles. The molecule has 106 valence electrons. The van der Waals surface area contributed by atoms with Crippen LogP contribution in [0.4, 0.5) is 0 Å². The molecule has 0 saturated heterocycles. The Balaban J connectivity index is 1.86. The number of nitrogens with one attached hydrogen (secondary N) is 1. The largest absolute Gasteiger partial charge is 0.451 e. The van der Waals surface area contributed by atoms with Crippen LogP contribution in [0.25, 0.3) is 11.0 Å². The number of benzene rings is 1. The molecule has 0 aliphatic heterocycles. The predicted molar refractivity (Wildman–Crippen MR) is 81.1 cm³/mol. The van der Waals surface area contributed by atoms with E-state index in [1.54, 1.807) is 6.20 Å². The Morgan fingerprint density at radius 2 is 1.95 bits per heavy atom. The molecule has 21 heavy (non-hydrogen) atoms. The number of para-hydroxylation sites is 1. The molecule has 0 radical (unpaired) electrons. The Kier molecular flexibility index (Phi) is 3.44. The molecular formula is C17H16N2O2. The van der Waals surface area contributed by atoms with Gasteiger partial charge in [-0.05, 0) is 32.0 Å². The first-order valence-electron chi connectivity index (χ1n) is 6.86. The molecule has 2 heterocycles. The second-order valence-corrected chi connectivity index (χ2v) is 5.00. The van der Waals surface area contributed by atoms with Crippen molar-refractivity contribution in [2.24, 2.45) is 0 Å². The first kappa shape index (κ1) is 13.4. The molecule has 0 bridgehead atoms. The maximum atomic E-state index is 12.4. The van der Waals surface area contributed by atoms with Crippen LogP contribution in [0, 0.1) is 6.92 Å². The van der Waals surface area contributed by atoms with E-state index in [1.165, 1.54) is 0 Å². The SMILES string of the molecule is Cc1c(C(=O)NC(C)c2ccccn2)oc2ccccc12. The van der Waals surface area contributed by atoms with Gasteiger partial charge in [0, 0.05) is 17.1 Å². The van der Waals surface area contributed by atoms with Crippen LogP contribution in [0.2, 0.25) is 0 Å². The van der Waals surface area contributed by atoms with Gasteiger partial charge in [-0.1, -0.05) is 24.3 Å². The number of furan rings is 1. The van der Waals surface area contributed by atoms with Gasteiger partial charge in [-0.3, -0.25) is 9.78 Å². The van der Waals surface area contributed by atoms with Gasteiger partial charge in [0.1, 0.15) is 5.58 Å². The fourth-order valence-corrected chi connectivity index (χ4v) is 2.36. The zero-order valence-electron chi connectivity index (χ0n) is 12.0. The molecule has 3 aromatic rings. The lowest BCUT2D eigenvalue weighted by atomic mass is 10.1. The zero-order chi connectivity index (χ0) is 14.8. The summed E-state index contributed by atoms with van der Waals surface area (Å²) < 4.78 is 5.66. The summed E-state index contributed by atoms with van der Waals surface area (Å²) in [5.74, 6) is 0.140. The Labute approximate surface area is 122 Å². The molecule has 1 unspecified atom stereocenters. The van der Waals surface area contributed by atoms with E-state index in [-0.39, 0.29) is 11.9 Å². The molecule has 4 heteroatoms. The highest BCUT2D eigenvalue weighted by Gasteiger charge is 2.19. The number of hydrogen-bond donors (Lipinski definition) is 1. The average Bonchev–Trinajstić information content (AvgIpc) is 2.86. The lowest BCUT2D eigenvalue weighted by Gasteiger charge is -2.12. The number of aromatic nitrogens is 1. The van der Waals surface area contributed by atoms with Crippen LogP contribution in [0.5, 0.6) is 0 Å². The summed E-state index contributed by atoms with van der Waals surface area (Å²) in [6, 6.07) is 13.1. The average molecular weight is 280 g/mol. The lowest BCUT2D eigenvalue weighted by Crippen LogP contribution is -2.27. The Hall–Kier alpha value is -2.62. The third-order valence-corrected chi connectivity index (χ3v) is 3.53. The number of carbonyl (C=O) groups excluding carboxylic acids is 1. The van der Waals surface area contributed by atoms with Gasteiger partial charge in [-0.25, -0.2) is 0 Å². The number of rotatable bonds is 3. The van der Waals surface area contributed by atoms with Crippen LogP contribution in [0.1, 0.15) is 34.8 Å². The highest BCUT2D eigenvalue weighted by atomic mass is 16.3. The van der Waals surface area contributed by atoms with Crippen molar-refractivity contribution < 1.29 is 9.21 Å². The van der Waals surface area contributed by atoms with Crippen LogP contribution in [0.3, 0.4) is 0 Å². The van der Waals surface area contributed by atoms with Crippen LogP contribution < -0.4 is 5.32 Å². The van der Waals surface area contributed by atoms with E-state index in [9.17, 15) is 4.79 Å². The molecule has 0 saturated carbocycles. The van der Waals surface area contributed by atoms with Gasteiger partial charge in [0.15, 0.2) is 5.76 Å². The number of amides is 1. The second-order valence-electron chi connectivity index (χ2n) is 5.00. The first-order valence-corrected chi connectivity index (χ1v) is 6.86. The van der Waals surface area contributed by atoms with E-state index < -0.39 is 0 Å². The van der Waals surface area contributed by atoms with E-state index >= 15 is 0 Å². The summed E-state index contributed by atoms with van der Waals surface area (Å²) >= 11 is 0. The Morgan fingerprint density at radius 3 is 2.67 bits per heavy atom. The highest BCUT2D eigenvalue weighted by molar-refractivity contribution is 5.99. The standard InChI is InChI=1S/C17H16N2O2/c1-11-13-7-3-4-9-15(13)21-16(11)17(20)19-12(2)14-8-5-6-10-18-14/h3-10,12H,1-2H3,(H,19,20). The summed E-state index contributed by atoms with van der Waals surface area (Å²) in [4.78, 5) is 16.6. The first-order chi connectivity index (χ1) is 10.2. The lowest BCUT2D eigenvalue weighted by molar-refractivity contribution is 0.0912. The number of carbonyl (C=O) groups is 1. The van der Waals surface area contributed by atoms with Gasteiger partial charge < -0.3 is 9.73 Å². The number of aryl methyl sites for hydroxylation is 1. The summed E-state index contributed by atoms with van der Waals surface area (Å²) in [6.45, 7) is 3.80. The van der Waals surface area contributed by atoms with Crippen LogP contribution in [-0.2, 0) is 0 Å². The van der Waals surface area contributed by atoms with Crippen molar-refractivity contribution in [2.75, 3.05) is 0 Å². The Bertz CT molecular complexity index is 778. The monoisotopic (exact) mass is 280 g/mol. The van der Waals surface area contributed by atoms with Gasteiger partial charge in [0.05, 0.1) is 11.7 Å². The fourth-order valence-electron chi connectivity index (χ4n) is 2.36. The van der Waals surface area contributed by atoms with Crippen molar-refractivity contribution >= 4 is 16.9 Å². The van der Waals surface area contributed by atoms with Crippen LogP contribution >= 0.6 is 0 Å². The highest BCUT2D eigenvalue weighted by Crippen LogP contribution is 2.25. The van der Waals surface area contributed by atoms with E-state index in [0.717, 1.165) is 22.2 Å². The van der Waals surface area contributed by atoms with Crippen molar-refractivity contribution in [3.63, 3.8) is 0 Å². The topological polar surface area (TPSA) is 55.1 Å². The molecular weight excluding hydrogens is 264 g/mol. The zero-order valence-corrected chi connectivity index (χ0v) is 12.0. The molecule has 1 N–H and O–H groups in total. The van der Waals surface area contributed by atoms with Gasteiger partial charge in [0.25, 0.3) is 5.91 Å². The van der Waals surface area contributed by atoms with Crippen LogP contribution in [0.15, 0.2) is 53.1 Å². The predicted octanol–water partition coefficient (Wildman–Crippen LogP) is 3.63. The third-order valence-electron chi connectivity index (χ3n) is 3.53. The number of nitrogens with zero attached hydrogens (tertiary/aromatic N) is 1. The minimum absolute atomic E-state index is 0.175. The minimum atomic E-state index is -0.221. The van der Waals surface area contributed by atoms with Crippen LogP contribution in [-0.4, -0.2) is 10.9 Å². The molecule has 3 rings (SSSR count). The Morgan fingerprint density at radius 1 is 1.19 bits per heavy atom. The normalized spacial score (nSPS) is 12.3. The van der Waals surface area contributed by atoms with Gasteiger partial charge in [-0.15, -0.1) is 0 Å². The molecule has 1 amide bonds. The van der Waals surface area contributed by atoms with Crippen molar-refractivity contribution in [1.82, 2.24) is 10.3 Å². The summed E-state index contributed by atoms with van der Waals surface area (Å²) in [7, 11) is 0. The molecule has 0 aliphatic carbocycles. The minimum Gasteiger partial charge on any atom is -0.451 e. The molecule has 1 aromatic carbocycles. The van der Waals surface area contributed by atoms with Gasteiger partial charge in [0.2, 0.25) is 0 Å². The smallest absolute Gasteiger partial charge is 0.287 e. The number of pyridine rings is 1.